The molecule has 21 heavy (non-hydrogen) atoms. The van der Waals surface area contributed by atoms with E-state index in [-0.39, 0.29) is 19.4 Å². The number of esters is 1. The summed E-state index contributed by atoms with van der Waals surface area (Å²) >= 11 is 0. The lowest BCUT2D eigenvalue weighted by Crippen LogP contribution is -2.25. The van der Waals surface area contributed by atoms with Crippen LogP contribution in [0.3, 0.4) is 0 Å². The maximum Gasteiger partial charge on any atom is 0.392 e. The standard InChI is InChI=1S/C15H19F3O3/c1-3-12(10-15(16,17)18)21-13-8-6-5-7-11(13)9-14(19)20-4-2/h5-8,12H,3-4,9-10H2,1-2H3/t12-/m0/s1. The predicted molar refractivity (Wildman–Crippen MR) is 72.2 cm³/mol. The third-order valence-corrected chi connectivity index (χ3v) is 2.82. The lowest BCUT2D eigenvalue weighted by atomic mass is 10.1. The summed E-state index contributed by atoms with van der Waals surface area (Å²) < 4.78 is 47.6. The second-order valence-electron chi connectivity index (χ2n) is 4.56. The highest BCUT2D eigenvalue weighted by Gasteiger charge is 2.32. The van der Waals surface area contributed by atoms with E-state index in [0.29, 0.717) is 11.3 Å². The van der Waals surface area contributed by atoms with Gasteiger partial charge in [-0.15, -0.1) is 0 Å². The summed E-state index contributed by atoms with van der Waals surface area (Å²) in [5, 5.41) is 0. The first-order valence-corrected chi connectivity index (χ1v) is 6.82. The SMILES string of the molecule is CCOC(=O)Cc1ccccc1O[C@@H](CC)CC(F)(F)F. The van der Waals surface area contributed by atoms with Crippen molar-refractivity contribution in [3.63, 3.8) is 0 Å². The zero-order valence-corrected chi connectivity index (χ0v) is 12.1. The van der Waals surface area contributed by atoms with Crippen molar-refractivity contribution in [2.45, 2.75) is 45.4 Å². The molecule has 1 aromatic carbocycles. The molecule has 1 atom stereocenters. The highest BCUT2D eigenvalue weighted by atomic mass is 19.4. The molecular weight excluding hydrogens is 285 g/mol. The van der Waals surface area contributed by atoms with Gasteiger partial charge in [-0.25, -0.2) is 0 Å². The van der Waals surface area contributed by atoms with Crippen molar-refractivity contribution < 1.29 is 27.4 Å². The van der Waals surface area contributed by atoms with E-state index < -0.39 is 24.7 Å². The van der Waals surface area contributed by atoms with Crippen molar-refractivity contribution in [1.82, 2.24) is 0 Å². The second-order valence-corrected chi connectivity index (χ2v) is 4.56. The first-order valence-electron chi connectivity index (χ1n) is 6.82. The minimum absolute atomic E-state index is 0.0214. The van der Waals surface area contributed by atoms with Gasteiger partial charge in [0.1, 0.15) is 11.9 Å². The fourth-order valence-corrected chi connectivity index (χ4v) is 1.84. The van der Waals surface area contributed by atoms with Crippen molar-refractivity contribution in [1.29, 1.82) is 0 Å². The van der Waals surface area contributed by atoms with E-state index in [2.05, 4.69) is 0 Å². The molecule has 6 heteroatoms. The fraction of sp³-hybridized carbons (Fsp3) is 0.533. The van der Waals surface area contributed by atoms with Gasteiger partial charge in [0.25, 0.3) is 0 Å². The number of carbonyl (C=O) groups is 1. The maximum absolute atomic E-state index is 12.5. The van der Waals surface area contributed by atoms with Crippen LogP contribution in [0.1, 0.15) is 32.3 Å². The Hall–Kier alpha value is -1.72. The summed E-state index contributed by atoms with van der Waals surface area (Å²) in [5.41, 5.74) is 0.525. The summed E-state index contributed by atoms with van der Waals surface area (Å²) in [7, 11) is 0. The smallest absolute Gasteiger partial charge is 0.392 e. The molecule has 1 rings (SSSR count). The quantitative estimate of drug-likeness (QED) is 0.717. The van der Waals surface area contributed by atoms with Gasteiger partial charge in [-0.05, 0) is 19.4 Å². The van der Waals surface area contributed by atoms with E-state index in [4.69, 9.17) is 9.47 Å². The molecule has 0 fully saturated rings. The zero-order valence-electron chi connectivity index (χ0n) is 12.1. The maximum atomic E-state index is 12.5. The number of carbonyl (C=O) groups excluding carboxylic acids is 1. The molecule has 1 aromatic rings. The van der Waals surface area contributed by atoms with Gasteiger partial charge >= 0.3 is 12.1 Å². The van der Waals surface area contributed by atoms with E-state index in [0.717, 1.165) is 0 Å². The van der Waals surface area contributed by atoms with Crippen molar-refractivity contribution >= 4 is 5.97 Å². The Balaban J connectivity index is 2.80. The topological polar surface area (TPSA) is 35.5 Å². The van der Waals surface area contributed by atoms with Gasteiger partial charge in [0, 0.05) is 5.56 Å². The molecule has 0 unspecified atom stereocenters. The van der Waals surface area contributed by atoms with E-state index in [9.17, 15) is 18.0 Å². The van der Waals surface area contributed by atoms with Crippen LogP contribution < -0.4 is 4.74 Å². The Morgan fingerprint density at radius 3 is 2.48 bits per heavy atom. The third kappa shape index (κ3) is 6.51. The largest absolute Gasteiger partial charge is 0.490 e. The van der Waals surface area contributed by atoms with Gasteiger partial charge < -0.3 is 9.47 Å². The van der Waals surface area contributed by atoms with Crippen LogP contribution in [0.2, 0.25) is 0 Å². The minimum Gasteiger partial charge on any atom is -0.490 e. The van der Waals surface area contributed by atoms with Gasteiger partial charge in [-0.2, -0.15) is 13.2 Å². The zero-order chi connectivity index (χ0) is 15.9. The van der Waals surface area contributed by atoms with Crippen LogP contribution in [0.5, 0.6) is 5.75 Å². The fourth-order valence-electron chi connectivity index (χ4n) is 1.84. The highest BCUT2D eigenvalue weighted by molar-refractivity contribution is 5.73. The number of rotatable bonds is 7. The second kappa shape index (κ2) is 7.90. The van der Waals surface area contributed by atoms with Gasteiger partial charge in [0.15, 0.2) is 0 Å². The number of alkyl halides is 3. The van der Waals surface area contributed by atoms with Crippen LogP contribution in [-0.4, -0.2) is 24.9 Å². The van der Waals surface area contributed by atoms with E-state index in [1.165, 1.54) is 0 Å². The number of halogens is 3. The Kier molecular flexibility index (Phi) is 6.52. The summed E-state index contributed by atoms with van der Waals surface area (Å²) in [6.07, 6.45) is -6.05. The van der Waals surface area contributed by atoms with Crippen molar-refractivity contribution in [2.75, 3.05) is 6.61 Å². The van der Waals surface area contributed by atoms with Crippen LogP contribution in [0.4, 0.5) is 13.2 Å². The van der Waals surface area contributed by atoms with Gasteiger partial charge in [-0.1, -0.05) is 25.1 Å². The van der Waals surface area contributed by atoms with Crippen LogP contribution in [-0.2, 0) is 16.0 Å². The van der Waals surface area contributed by atoms with E-state index in [1.807, 2.05) is 0 Å². The van der Waals surface area contributed by atoms with E-state index >= 15 is 0 Å². The Labute approximate surface area is 122 Å². The molecule has 0 aliphatic carbocycles. The molecule has 0 aliphatic heterocycles. The number of para-hydroxylation sites is 1. The van der Waals surface area contributed by atoms with Crippen LogP contribution in [0, 0.1) is 0 Å². The molecule has 0 aliphatic rings. The van der Waals surface area contributed by atoms with Gasteiger partial charge in [0.05, 0.1) is 19.4 Å². The summed E-state index contributed by atoms with van der Waals surface area (Å²) in [6, 6.07) is 6.57. The number of benzene rings is 1. The van der Waals surface area contributed by atoms with Crippen molar-refractivity contribution in [3.8, 4) is 5.75 Å². The third-order valence-electron chi connectivity index (χ3n) is 2.82. The lowest BCUT2D eigenvalue weighted by molar-refractivity contribution is -0.151. The van der Waals surface area contributed by atoms with Crippen LogP contribution in [0.15, 0.2) is 24.3 Å². The minimum atomic E-state index is -4.28. The highest BCUT2D eigenvalue weighted by Crippen LogP contribution is 2.27. The summed E-state index contributed by atoms with van der Waals surface area (Å²) in [4.78, 5) is 11.5. The lowest BCUT2D eigenvalue weighted by Gasteiger charge is -2.20. The summed E-state index contributed by atoms with van der Waals surface area (Å²) in [6.45, 7) is 3.58. The molecule has 0 radical (unpaired) electrons. The number of hydrogen-bond acceptors (Lipinski definition) is 3. The Bertz CT molecular complexity index is 458. The molecule has 0 N–H and O–H groups in total. The molecule has 0 saturated heterocycles. The average Bonchev–Trinajstić information content (AvgIpc) is 2.39. The molecule has 0 aromatic heterocycles. The molecule has 0 amide bonds. The summed E-state index contributed by atoms with van der Waals surface area (Å²) in [5.74, 6) is -0.140. The monoisotopic (exact) mass is 304 g/mol. The van der Waals surface area contributed by atoms with E-state index in [1.54, 1.807) is 38.1 Å². The molecule has 3 nitrogen and oxygen atoms in total. The molecular formula is C15H19F3O3. The van der Waals surface area contributed by atoms with Gasteiger partial charge in [0.2, 0.25) is 0 Å². The normalized spacial score (nSPS) is 12.8. The Morgan fingerprint density at radius 1 is 1.24 bits per heavy atom. The molecule has 0 spiro atoms. The molecule has 0 heterocycles. The molecule has 118 valence electrons. The average molecular weight is 304 g/mol. The Morgan fingerprint density at radius 2 is 1.90 bits per heavy atom. The van der Waals surface area contributed by atoms with Crippen molar-refractivity contribution in [2.24, 2.45) is 0 Å². The van der Waals surface area contributed by atoms with Crippen LogP contribution >= 0.6 is 0 Å². The number of ether oxygens (including phenoxy) is 2. The van der Waals surface area contributed by atoms with Crippen LogP contribution in [0.25, 0.3) is 0 Å². The van der Waals surface area contributed by atoms with Crippen molar-refractivity contribution in [3.05, 3.63) is 29.8 Å². The predicted octanol–water partition coefficient (Wildman–Crippen LogP) is 3.90. The molecule has 0 bridgehead atoms. The van der Waals surface area contributed by atoms with Gasteiger partial charge in [-0.3, -0.25) is 4.79 Å². The molecule has 0 saturated carbocycles. The number of hydrogen-bond donors (Lipinski definition) is 0. The first kappa shape index (κ1) is 17.3. The first-order chi connectivity index (χ1) is 9.85.